The van der Waals surface area contributed by atoms with Gasteiger partial charge in [0.2, 0.25) is 5.95 Å². The molecular weight excluding hydrogens is 316 g/mol. The predicted molar refractivity (Wildman–Crippen MR) is 76.3 cm³/mol. The largest absolute Gasteiger partial charge is 0.433 e. The monoisotopic (exact) mass is 330 g/mol. The first-order valence-corrected chi connectivity index (χ1v) is 6.68. The number of halogens is 4. The maximum Gasteiger partial charge on any atom is 0.433 e. The quantitative estimate of drug-likeness (QED) is 0.711. The second-order valence-electron chi connectivity index (χ2n) is 4.56. The van der Waals surface area contributed by atoms with Gasteiger partial charge in [0.15, 0.2) is 5.69 Å². The first-order chi connectivity index (χ1) is 10.9. The molecule has 0 saturated carbocycles. The van der Waals surface area contributed by atoms with E-state index >= 15 is 0 Å². The number of alkyl halides is 3. The molecule has 0 aliphatic rings. The molecule has 0 bridgehead atoms. The number of aliphatic hydroxyl groups is 1. The van der Waals surface area contributed by atoms with Gasteiger partial charge in [-0.25, -0.2) is 9.37 Å². The van der Waals surface area contributed by atoms with Gasteiger partial charge in [0.1, 0.15) is 11.6 Å². The van der Waals surface area contributed by atoms with E-state index in [2.05, 4.69) is 20.6 Å². The van der Waals surface area contributed by atoms with Gasteiger partial charge < -0.3 is 15.7 Å². The van der Waals surface area contributed by atoms with Crippen LogP contribution in [0.4, 0.5) is 29.3 Å². The standard InChI is InChI=1S/C14H14F4N4O/c15-10-4-2-1-3-9(10)8-20-12-7-11(14(16,17)18)21-13(22-12)19-5-6-23/h1-4,7,23H,5-6,8H2,(H2,19,20,21,22). The minimum absolute atomic E-state index is 0.00800. The Hall–Kier alpha value is -2.42. The molecule has 0 saturated heterocycles. The minimum atomic E-state index is -4.65. The highest BCUT2D eigenvalue weighted by Crippen LogP contribution is 2.29. The van der Waals surface area contributed by atoms with E-state index in [0.29, 0.717) is 5.56 Å². The molecular formula is C14H14F4N4O. The van der Waals surface area contributed by atoms with Crippen molar-refractivity contribution in [2.24, 2.45) is 0 Å². The lowest BCUT2D eigenvalue weighted by atomic mass is 10.2. The molecule has 1 heterocycles. The smallest absolute Gasteiger partial charge is 0.395 e. The van der Waals surface area contributed by atoms with Gasteiger partial charge in [0.25, 0.3) is 0 Å². The SMILES string of the molecule is OCCNc1nc(NCc2ccccc2F)cc(C(F)(F)F)n1. The zero-order chi connectivity index (χ0) is 16.9. The van der Waals surface area contributed by atoms with Crippen molar-refractivity contribution in [3.8, 4) is 0 Å². The van der Waals surface area contributed by atoms with Crippen LogP contribution < -0.4 is 10.6 Å². The number of anilines is 2. The summed E-state index contributed by atoms with van der Waals surface area (Å²) in [5.74, 6) is -0.843. The average molecular weight is 330 g/mol. The van der Waals surface area contributed by atoms with E-state index in [9.17, 15) is 17.6 Å². The first-order valence-electron chi connectivity index (χ1n) is 6.68. The Morgan fingerprint density at radius 3 is 2.48 bits per heavy atom. The number of hydrogen-bond donors (Lipinski definition) is 3. The van der Waals surface area contributed by atoms with Crippen molar-refractivity contribution in [2.45, 2.75) is 12.7 Å². The van der Waals surface area contributed by atoms with Gasteiger partial charge >= 0.3 is 6.18 Å². The third-order valence-electron chi connectivity index (χ3n) is 2.83. The molecule has 0 amide bonds. The summed E-state index contributed by atoms with van der Waals surface area (Å²) in [6.45, 7) is -0.300. The van der Waals surface area contributed by atoms with Crippen LogP contribution in [0.5, 0.6) is 0 Å². The summed E-state index contributed by atoms with van der Waals surface area (Å²) in [4.78, 5) is 7.20. The summed E-state index contributed by atoms with van der Waals surface area (Å²) in [5.41, 5.74) is -0.839. The van der Waals surface area contributed by atoms with Crippen LogP contribution in [-0.2, 0) is 12.7 Å². The van der Waals surface area contributed by atoms with Crippen LogP contribution in [-0.4, -0.2) is 28.2 Å². The van der Waals surface area contributed by atoms with Crippen molar-refractivity contribution >= 4 is 11.8 Å². The van der Waals surface area contributed by atoms with E-state index in [0.717, 1.165) is 6.07 Å². The van der Waals surface area contributed by atoms with E-state index in [4.69, 9.17) is 5.11 Å². The Labute approximate surface area is 129 Å². The second kappa shape index (κ2) is 7.23. The summed E-state index contributed by atoms with van der Waals surface area (Å²) in [5, 5.41) is 13.8. The number of rotatable bonds is 6. The molecule has 23 heavy (non-hydrogen) atoms. The lowest BCUT2D eigenvalue weighted by Gasteiger charge is -2.12. The van der Waals surface area contributed by atoms with E-state index in [1.807, 2.05) is 0 Å². The molecule has 1 aromatic carbocycles. The van der Waals surface area contributed by atoms with Crippen LogP contribution in [0.1, 0.15) is 11.3 Å². The molecule has 2 rings (SSSR count). The van der Waals surface area contributed by atoms with Crippen molar-refractivity contribution in [3.63, 3.8) is 0 Å². The van der Waals surface area contributed by atoms with Gasteiger partial charge in [-0.05, 0) is 6.07 Å². The zero-order valence-corrected chi connectivity index (χ0v) is 11.9. The molecule has 124 valence electrons. The van der Waals surface area contributed by atoms with Crippen LogP contribution in [0, 0.1) is 5.82 Å². The molecule has 0 atom stereocenters. The summed E-state index contributed by atoms with van der Waals surface area (Å²) >= 11 is 0. The van der Waals surface area contributed by atoms with Crippen molar-refractivity contribution in [1.29, 1.82) is 0 Å². The molecule has 0 spiro atoms. The van der Waals surface area contributed by atoms with Gasteiger partial charge in [-0.2, -0.15) is 18.2 Å². The molecule has 2 aromatic rings. The van der Waals surface area contributed by atoms with E-state index < -0.39 is 17.7 Å². The van der Waals surface area contributed by atoms with Crippen molar-refractivity contribution in [2.75, 3.05) is 23.8 Å². The van der Waals surface area contributed by atoms with E-state index in [-0.39, 0.29) is 31.5 Å². The number of benzene rings is 1. The third-order valence-corrected chi connectivity index (χ3v) is 2.83. The van der Waals surface area contributed by atoms with Crippen LogP contribution in [0.25, 0.3) is 0 Å². The molecule has 0 aliphatic carbocycles. The minimum Gasteiger partial charge on any atom is -0.395 e. The van der Waals surface area contributed by atoms with E-state index in [1.54, 1.807) is 6.07 Å². The highest BCUT2D eigenvalue weighted by atomic mass is 19.4. The Morgan fingerprint density at radius 1 is 1.09 bits per heavy atom. The summed E-state index contributed by atoms with van der Waals surface area (Å²) in [7, 11) is 0. The Bertz CT molecular complexity index is 663. The summed E-state index contributed by atoms with van der Waals surface area (Å²) in [6.07, 6.45) is -4.65. The van der Waals surface area contributed by atoms with Crippen molar-refractivity contribution in [1.82, 2.24) is 9.97 Å². The number of nitrogens with zero attached hydrogens (tertiary/aromatic N) is 2. The van der Waals surface area contributed by atoms with E-state index in [1.165, 1.54) is 18.2 Å². The maximum atomic E-state index is 13.5. The lowest BCUT2D eigenvalue weighted by Crippen LogP contribution is -2.15. The Morgan fingerprint density at radius 2 is 1.83 bits per heavy atom. The molecule has 0 aliphatic heterocycles. The average Bonchev–Trinajstić information content (AvgIpc) is 2.51. The number of nitrogens with one attached hydrogen (secondary N) is 2. The number of aliphatic hydroxyl groups excluding tert-OH is 1. The Balaban J connectivity index is 2.21. The van der Waals surface area contributed by atoms with Crippen LogP contribution >= 0.6 is 0 Å². The molecule has 0 radical (unpaired) electrons. The lowest BCUT2D eigenvalue weighted by molar-refractivity contribution is -0.141. The van der Waals surface area contributed by atoms with Crippen LogP contribution in [0.3, 0.4) is 0 Å². The normalized spacial score (nSPS) is 11.3. The number of hydrogen-bond acceptors (Lipinski definition) is 5. The van der Waals surface area contributed by atoms with Crippen LogP contribution in [0.15, 0.2) is 30.3 Å². The molecule has 5 nitrogen and oxygen atoms in total. The number of aromatic nitrogens is 2. The summed E-state index contributed by atoms with van der Waals surface area (Å²) < 4.78 is 52.0. The third kappa shape index (κ3) is 4.78. The molecule has 9 heteroatoms. The topological polar surface area (TPSA) is 70.1 Å². The zero-order valence-electron chi connectivity index (χ0n) is 11.9. The molecule has 3 N–H and O–H groups in total. The highest BCUT2D eigenvalue weighted by molar-refractivity contribution is 5.43. The second-order valence-corrected chi connectivity index (χ2v) is 4.56. The fraction of sp³-hybridized carbons (Fsp3) is 0.286. The van der Waals surface area contributed by atoms with Crippen molar-refractivity contribution in [3.05, 3.63) is 47.4 Å². The fourth-order valence-electron chi connectivity index (χ4n) is 1.76. The van der Waals surface area contributed by atoms with Crippen LogP contribution in [0.2, 0.25) is 0 Å². The van der Waals surface area contributed by atoms with Crippen molar-refractivity contribution < 1.29 is 22.7 Å². The molecule has 0 fully saturated rings. The molecule has 0 unspecified atom stereocenters. The Kier molecular flexibility index (Phi) is 5.32. The highest BCUT2D eigenvalue weighted by Gasteiger charge is 2.33. The van der Waals surface area contributed by atoms with Gasteiger partial charge in [-0.1, -0.05) is 18.2 Å². The van der Waals surface area contributed by atoms with Gasteiger partial charge in [0.05, 0.1) is 6.61 Å². The van der Waals surface area contributed by atoms with Gasteiger partial charge in [-0.15, -0.1) is 0 Å². The summed E-state index contributed by atoms with van der Waals surface area (Å²) in [6, 6.07) is 6.65. The first kappa shape index (κ1) is 16.9. The fourth-order valence-corrected chi connectivity index (χ4v) is 1.76. The predicted octanol–water partition coefficient (Wildman–Crippen LogP) is 2.65. The maximum absolute atomic E-state index is 13.5. The molecule has 1 aromatic heterocycles. The van der Waals surface area contributed by atoms with Gasteiger partial charge in [-0.3, -0.25) is 0 Å². The van der Waals surface area contributed by atoms with Gasteiger partial charge in [0, 0.05) is 24.7 Å².